The van der Waals surface area contributed by atoms with E-state index in [0.717, 1.165) is 33.2 Å². The van der Waals surface area contributed by atoms with Gasteiger partial charge in [0.15, 0.2) is 0 Å². The van der Waals surface area contributed by atoms with Crippen LogP contribution in [0.1, 0.15) is 44.2 Å². The van der Waals surface area contributed by atoms with Gasteiger partial charge in [-0.25, -0.2) is 4.39 Å². The summed E-state index contributed by atoms with van der Waals surface area (Å²) in [7, 11) is 2.11. The Balaban J connectivity index is 0.00000122. The van der Waals surface area contributed by atoms with Crippen LogP contribution >= 0.6 is 30.4 Å². The van der Waals surface area contributed by atoms with Crippen molar-refractivity contribution in [1.82, 2.24) is 0 Å². The van der Waals surface area contributed by atoms with Crippen LogP contribution in [-0.2, 0) is 14.9 Å². The minimum absolute atomic E-state index is 0.139. The number of esters is 1. The van der Waals surface area contributed by atoms with Gasteiger partial charge in [-0.05, 0) is 48.4 Å². The monoisotopic (exact) mass is 428 g/mol. The van der Waals surface area contributed by atoms with E-state index in [2.05, 4.69) is 18.6 Å². The Kier molecular flexibility index (Phi) is 10.2. The molecule has 0 bridgehead atoms. The molecule has 0 aliphatic heterocycles. The van der Waals surface area contributed by atoms with Crippen LogP contribution in [0, 0.1) is 12.7 Å². The van der Waals surface area contributed by atoms with Crippen LogP contribution < -0.4 is 0 Å². The van der Waals surface area contributed by atoms with Gasteiger partial charge in [0.05, 0.1) is 16.3 Å². The molecule has 0 atom stereocenters. The molecule has 0 aliphatic carbocycles. The van der Waals surface area contributed by atoms with Gasteiger partial charge in [0.25, 0.3) is 0 Å². The molecular formula is C15H22FIO3S. The quantitative estimate of drug-likeness (QED) is 0.393. The molecule has 0 saturated heterocycles. The van der Waals surface area contributed by atoms with E-state index in [0.29, 0.717) is 6.42 Å². The van der Waals surface area contributed by atoms with Crippen LogP contribution in [0.3, 0.4) is 0 Å². The van der Waals surface area contributed by atoms with Gasteiger partial charge in [0, 0.05) is 27.6 Å². The molecule has 1 aromatic carbocycles. The van der Waals surface area contributed by atoms with Gasteiger partial charge in [0.2, 0.25) is 0 Å². The first-order valence-corrected chi connectivity index (χ1v) is 9.85. The summed E-state index contributed by atoms with van der Waals surface area (Å²) < 4.78 is 25.4. The van der Waals surface area contributed by atoms with Gasteiger partial charge < -0.3 is 9.29 Å². The summed E-state index contributed by atoms with van der Waals surface area (Å²) in [5, 5.41) is 0. The number of benzene rings is 1. The molecule has 0 amide bonds. The highest BCUT2D eigenvalue weighted by molar-refractivity contribution is 14.2. The molecule has 0 radical (unpaired) electrons. The van der Waals surface area contributed by atoms with Gasteiger partial charge in [-0.2, -0.15) is 0 Å². The average Bonchev–Trinajstić information content (AvgIpc) is 2.42. The van der Waals surface area contributed by atoms with Crippen molar-refractivity contribution >= 4 is 36.4 Å². The molecule has 0 heterocycles. The third-order valence-electron chi connectivity index (χ3n) is 3.34. The lowest BCUT2D eigenvalue weighted by Gasteiger charge is -2.27. The number of carbonyl (C=O) groups is 1. The van der Waals surface area contributed by atoms with Crippen LogP contribution in [0.25, 0.3) is 0 Å². The van der Waals surface area contributed by atoms with E-state index in [1.165, 1.54) is 13.2 Å². The smallest absolute Gasteiger partial charge is 0.305 e. The molecule has 21 heavy (non-hydrogen) atoms. The average molecular weight is 428 g/mol. The fourth-order valence-corrected chi connectivity index (χ4v) is 2.23. The first kappa shape index (κ1) is 20.7. The molecule has 0 aromatic heterocycles. The normalized spacial score (nSPS) is 10.6. The van der Waals surface area contributed by atoms with Crippen LogP contribution in [0.15, 0.2) is 18.2 Å². The van der Waals surface area contributed by atoms with Gasteiger partial charge >= 0.3 is 5.97 Å². The second-order valence-corrected chi connectivity index (χ2v) is 6.66. The highest BCUT2D eigenvalue weighted by Gasteiger charge is 2.23. The molecule has 1 rings (SSSR count). The van der Waals surface area contributed by atoms with E-state index >= 15 is 0 Å². The summed E-state index contributed by atoms with van der Waals surface area (Å²) in [6, 6.07) is 4.86. The summed E-state index contributed by atoms with van der Waals surface area (Å²) in [5.74, 6) is -0.404. The van der Waals surface area contributed by atoms with Crippen LogP contribution in [0.4, 0.5) is 4.39 Å². The topological polar surface area (TPSA) is 46.5 Å². The first-order chi connectivity index (χ1) is 9.78. The molecule has 0 aliphatic rings. The lowest BCUT2D eigenvalue weighted by molar-refractivity contribution is -0.140. The van der Waals surface area contributed by atoms with Gasteiger partial charge in [0.1, 0.15) is 5.82 Å². The molecule has 0 fully saturated rings. The van der Waals surface area contributed by atoms with Crippen molar-refractivity contribution in [2.75, 3.05) is 7.11 Å². The maximum atomic E-state index is 13.3. The standard InChI is InChI=1S/C15H21FO2.HIOS/c1-11-7-8-12(16)10-13(11)15(2,3)9-5-6-14(17)18-4;1-3-2/h7-8,10H,5-6,9H2,1-4H3;2H. The summed E-state index contributed by atoms with van der Waals surface area (Å²) >= 11 is 1.76. The number of halogens is 2. The molecule has 120 valence electrons. The van der Waals surface area contributed by atoms with E-state index in [9.17, 15) is 9.18 Å². The molecule has 0 spiro atoms. The van der Waals surface area contributed by atoms with Crippen molar-refractivity contribution < 1.29 is 18.5 Å². The minimum Gasteiger partial charge on any atom is -0.469 e. The van der Waals surface area contributed by atoms with E-state index in [-0.39, 0.29) is 17.2 Å². The van der Waals surface area contributed by atoms with E-state index in [4.69, 9.17) is 4.55 Å². The SMILES string of the molecule is COC(=O)CCCC(C)(C)c1cc(F)ccc1C.OSI. The highest BCUT2D eigenvalue weighted by Crippen LogP contribution is 2.31. The summed E-state index contributed by atoms with van der Waals surface area (Å²) in [5.41, 5.74) is 1.95. The molecular weight excluding hydrogens is 406 g/mol. The number of ether oxygens (including phenoxy) is 1. The zero-order chi connectivity index (χ0) is 16.5. The Labute approximate surface area is 142 Å². The van der Waals surface area contributed by atoms with Crippen LogP contribution in [0.5, 0.6) is 0 Å². The Morgan fingerprint density at radius 2 is 2.05 bits per heavy atom. The van der Waals surface area contributed by atoms with Crippen LogP contribution in [0.2, 0.25) is 0 Å². The maximum Gasteiger partial charge on any atom is 0.305 e. The Bertz CT molecular complexity index is 453. The molecule has 6 heteroatoms. The molecule has 1 aromatic rings. The number of methoxy groups -OCH3 is 1. The number of hydrogen-bond donors (Lipinski definition) is 1. The number of hydrogen-bond acceptors (Lipinski definition) is 4. The second kappa shape index (κ2) is 10.4. The first-order valence-electron chi connectivity index (χ1n) is 6.54. The number of rotatable bonds is 5. The van der Waals surface area contributed by atoms with Crippen molar-refractivity contribution in [3.8, 4) is 0 Å². The molecule has 1 N–H and O–H groups in total. The minimum atomic E-state index is -0.211. The molecule has 3 nitrogen and oxygen atoms in total. The van der Waals surface area contributed by atoms with Crippen LogP contribution in [-0.4, -0.2) is 17.6 Å². The third-order valence-corrected chi connectivity index (χ3v) is 3.34. The third kappa shape index (κ3) is 8.01. The zero-order valence-corrected chi connectivity index (χ0v) is 15.8. The second-order valence-electron chi connectivity index (χ2n) is 5.34. The van der Waals surface area contributed by atoms with E-state index in [1.807, 2.05) is 6.92 Å². The predicted molar refractivity (Wildman–Crippen MR) is 94.3 cm³/mol. The molecule has 0 unspecified atom stereocenters. The Morgan fingerprint density at radius 3 is 2.57 bits per heavy atom. The Morgan fingerprint density at radius 1 is 1.48 bits per heavy atom. The summed E-state index contributed by atoms with van der Waals surface area (Å²) in [4.78, 5) is 11.1. The molecule has 0 saturated carbocycles. The van der Waals surface area contributed by atoms with Gasteiger partial charge in [-0.3, -0.25) is 4.79 Å². The summed E-state index contributed by atoms with van der Waals surface area (Å²) in [6.07, 6.45) is 1.98. The van der Waals surface area contributed by atoms with Gasteiger partial charge in [-0.15, -0.1) is 0 Å². The van der Waals surface area contributed by atoms with E-state index in [1.54, 1.807) is 33.3 Å². The fraction of sp³-hybridized carbons (Fsp3) is 0.533. The van der Waals surface area contributed by atoms with Gasteiger partial charge in [-0.1, -0.05) is 19.9 Å². The van der Waals surface area contributed by atoms with E-state index < -0.39 is 0 Å². The van der Waals surface area contributed by atoms with Crippen molar-refractivity contribution in [2.45, 2.75) is 45.4 Å². The number of aryl methyl sites for hydroxylation is 1. The highest BCUT2D eigenvalue weighted by atomic mass is 127. The largest absolute Gasteiger partial charge is 0.469 e. The maximum absolute atomic E-state index is 13.3. The predicted octanol–water partition coefficient (Wildman–Crippen LogP) is 5.30. The summed E-state index contributed by atoms with van der Waals surface area (Å²) in [6.45, 7) is 6.13. The Hall–Kier alpha value is -0.340. The lowest BCUT2D eigenvalue weighted by Crippen LogP contribution is -2.19. The zero-order valence-electron chi connectivity index (χ0n) is 12.8. The van der Waals surface area contributed by atoms with Crippen molar-refractivity contribution in [3.05, 3.63) is 35.1 Å². The van der Waals surface area contributed by atoms with Crippen molar-refractivity contribution in [3.63, 3.8) is 0 Å². The van der Waals surface area contributed by atoms with Crippen molar-refractivity contribution in [1.29, 1.82) is 0 Å². The number of carbonyl (C=O) groups excluding carboxylic acids is 1. The fourth-order valence-electron chi connectivity index (χ4n) is 2.23. The lowest BCUT2D eigenvalue weighted by atomic mass is 9.78. The van der Waals surface area contributed by atoms with Crippen molar-refractivity contribution in [2.24, 2.45) is 0 Å².